The molecular weight excluding hydrogens is 546 g/mol. The number of rotatable bonds is 11. The topological polar surface area (TPSA) is 45.2 Å². The average molecular weight is 596 g/mol. The van der Waals surface area contributed by atoms with Crippen molar-refractivity contribution < 1.29 is 14.3 Å². The fraction of sp³-hybridized carbons (Fsp3) is 0.500. The van der Waals surface area contributed by atoms with Crippen molar-refractivity contribution in [3.05, 3.63) is 95.6 Å². The molecular formula is C38H49N3O3. The van der Waals surface area contributed by atoms with Crippen LogP contribution in [-0.4, -0.2) is 67.7 Å². The van der Waals surface area contributed by atoms with Crippen LogP contribution in [0, 0.1) is 5.41 Å². The van der Waals surface area contributed by atoms with Gasteiger partial charge in [-0.1, -0.05) is 73.2 Å². The molecule has 234 valence electrons. The molecule has 0 atom stereocenters. The second-order valence-corrected chi connectivity index (χ2v) is 13.8. The van der Waals surface area contributed by atoms with Crippen molar-refractivity contribution in [3.8, 4) is 11.5 Å². The Bertz CT molecular complexity index is 1410. The predicted molar refractivity (Wildman–Crippen MR) is 176 cm³/mol. The first-order valence-electron chi connectivity index (χ1n) is 16.4. The molecule has 1 heterocycles. The van der Waals surface area contributed by atoms with Gasteiger partial charge in [-0.15, -0.1) is 0 Å². The predicted octanol–water partition coefficient (Wildman–Crippen LogP) is 7.51. The average Bonchev–Trinajstić information content (AvgIpc) is 3.28. The minimum Gasteiger partial charge on any atom is -0.493 e. The number of amides is 2. The van der Waals surface area contributed by atoms with Gasteiger partial charge in [-0.25, -0.2) is 4.79 Å². The van der Waals surface area contributed by atoms with Crippen LogP contribution in [0.1, 0.15) is 68.1 Å². The van der Waals surface area contributed by atoms with Gasteiger partial charge >= 0.3 is 6.03 Å². The van der Waals surface area contributed by atoms with Crippen molar-refractivity contribution in [2.75, 3.05) is 41.4 Å². The summed E-state index contributed by atoms with van der Waals surface area (Å²) < 4.78 is 11.1. The van der Waals surface area contributed by atoms with Gasteiger partial charge in [-0.2, -0.15) is 0 Å². The minimum atomic E-state index is -0.155. The lowest BCUT2D eigenvalue weighted by Gasteiger charge is -2.53. The molecule has 2 aliphatic carbocycles. The van der Waals surface area contributed by atoms with E-state index >= 15 is 0 Å². The van der Waals surface area contributed by atoms with Gasteiger partial charge in [0.05, 0.1) is 19.8 Å². The van der Waals surface area contributed by atoms with Crippen LogP contribution in [0.15, 0.2) is 78.9 Å². The number of carbonyl (C=O) groups excluding carboxylic acids is 1. The number of nitrogens with zero attached hydrogens (tertiary/aromatic N) is 3. The van der Waals surface area contributed by atoms with Crippen LogP contribution in [0.2, 0.25) is 0 Å². The maximum Gasteiger partial charge on any atom is 0.320 e. The monoisotopic (exact) mass is 595 g/mol. The van der Waals surface area contributed by atoms with Gasteiger partial charge in [-0.3, -0.25) is 4.90 Å². The summed E-state index contributed by atoms with van der Waals surface area (Å²) >= 11 is 0. The highest BCUT2D eigenvalue weighted by molar-refractivity contribution is 5.78. The first-order chi connectivity index (χ1) is 21.3. The lowest BCUT2D eigenvalue weighted by Crippen LogP contribution is -2.58. The minimum absolute atomic E-state index is 0.0144. The zero-order valence-electron chi connectivity index (χ0n) is 27.1. The Balaban J connectivity index is 1.28. The third kappa shape index (κ3) is 5.69. The maximum absolute atomic E-state index is 14.5. The molecule has 0 aromatic heterocycles. The van der Waals surface area contributed by atoms with E-state index in [0.29, 0.717) is 18.0 Å². The quantitative estimate of drug-likeness (QED) is 0.230. The maximum atomic E-state index is 14.5. The van der Waals surface area contributed by atoms with Crippen LogP contribution in [0.25, 0.3) is 0 Å². The summed E-state index contributed by atoms with van der Waals surface area (Å²) in [5, 5.41) is 0. The number of carbonyl (C=O) groups is 1. The van der Waals surface area contributed by atoms with E-state index in [1.54, 1.807) is 14.2 Å². The van der Waals surface area contributed by atoms with Gasteiger partial charge in [0.15, 0.2) is 11.5 Å². The van der Waals surface area contributed by atoms with Gasteiger partial charge in [0, 0.05) is 25.2 Å². The summed E-state index contributed by atoms with van der Waals surface area (Å²) in [6, 6.07) is 28.1. The number of ether oxygens (including phenoxy) is 2. The van der Waals surface area contributed by atoms with Gasteiger partial charge < -0.3 is 19.3 Å². The summed E-state index contributed by atoms with van der Waals surface area (Å²) in [6.45, 7) is 2.21. The third-order valence-corrected chi connectivity index (χ3v) is 11.3. The lowest BCUT2D eigenvalue weighted by molar-refractivity contribution is -0.00806. The largest absolute Gasteiger partial charge is 0.493 e. The molecule has 2 amide bonds. The number of hydrogen-bond donors (Lipinski definition) is 0. The Morgan fingerprint density at radius 3 is 2.02 bits per heavy atom. The Kier molecular flexibility index (Phi) is 8.65. The molecule has 44 heavy (non-hydrogen) atoms. The van der Waals surface area contributed by atoms with Crippen LogP contribution >= 0.6 is 0 Å². The molecule has 3 aromatic rings. The molecule has 0 bridgehead atoms. The number of benzene rings is 3. The summed E-state index contributed by atoms with van der Waals surface area (Å²) in [4.78, 5) is 21.4. The van der Waals surface area contributed by atoms with Crippen molar-refractivity contribution in [1.82, 2.24) is 14.7 Å². The summed E-state index contributed by atoms with van der Waals surface area (Å²) in [7, 11) is 7.76. The normalized spacial score (nSPS) is 24.5. The number of urea groups is 1. The van der Waals surface area contributed by atoms with E-state index in [9.17, 15) is 4.79 Å². The van der Waals surface area contributed by atoms with Gasteiger partial charge in [0.1, 0.15) is 0 Å². The highest BCUT2D eigenvalue weighted by Gasteiger charge is 2.56. The Morgan fingerprint density at radius 2 is 1.43 bits per heavy atom. The van der Waals surface area contributed by atoms with E-state index in [2.05, 4.69) is 95.5 Å². The van der Waals surface area contributed by atoms with Gasteiger partial charge in [-0.05, 0) is 99.7 Å². The van der Waals surface area contributed by atoms with Crippen molar-refractivity contribution in [1.29, 1.82) is 0 Å². The summed E-state index contributed by atoms with van der Waals surface area (Å²) in [5.74, 6) is 1.41. The molecule has 1 aliphatic heterocycles. The van der Waals surface area contributed by atoms with Crippen molar-refractivity contribution in [3.63, 3.8) is 0 Å². The van der Waals surface area contributed by atoms with E-state index in [1.165, 1.54) is 30.4 Å². The fourth-order valence-electron chi connectivity index (χ4n) is 8.29. The van der Waals surface area contributed by atoms with E-state index in [1.807, 2.05) is 12.1 Å². The van der Waals surface area contributed by atoms with E-state index in [-0.39, 0.29) is 22.5 Å². The highest BCUT2D eigenvalue weighted by Crippen LogP contribution is 2.52. The molecule has 0 radical (unpaired) electrons. The van der Waals surface area contributed by atoms with E-state index in [4.69, 9.17) is 9.47 Å². The molecule has 6 heteroatoms. The SMILES string of the molecule is COc1ccc(CN2C[C@]3(CC[C@](c4ccccc4)(N(C)C)CC3)N(CC3(CCc4ccccc4)CCC3)C2=O)cc1OC. The molecule has 6 rings (SSSR count). The Morgan fingerprint density at radius 1 is 0.773 bits per heavy atom. The Labute approximate surface area is 263 Å². The Hall–Kier alpha value is -3.51. The van der Waals surface area contributed by atoms with Crippen LogP contribution in [0.5, 0.6) is 11.5 Å². The van der Waals surface area contributed by atoms with Crippen molar-refractivity contribution >= 4 is 6.03 Å². The van der Waals surface area contributed by atoms with Crippen molar-refractivity contribution in [2.24, 2.45) is 5.41 Å². The van der Waals surface area contributed by atoms with Gasteiger partial charge in [0.2, 0.25) is 0 Å². The number of aryl methyl sites for hydroxylation is 1. The van der Waals surface area contributed by atoms with Crippen LogP contribution in [-0.2, 0) is 18.5 Å². The molecule has 0 unspecified atom stereocenters. The number of methoxy groups -OCH3 is 2. The zero-order valence-corrected chi connectivity index (χ0v) is 27.1. The van der Waals surface area contributed by atoms with Crippen LogP contribution < -0.4 is 9.47 Å². The first-order valence-corrected chi connectivity index (χ1v) is 16.4. The zero-order chi connectivity index (χ0) is 30.8. The fourth-order valence-corrected chi connectivity index (χ4v) is 8.29. The molecule has 3 fully saturated rings. The molecule has 0 N–H and O–H groups in total. The second-order valence-electron chi connectivity index (χ2n) is 13.8. The standard InChI is InChI=1S/C38H49N3O3/c1-39(2)38(32-14-9-6-10-15-32)24-22-37(23-25-38)29-40(27-31-16-17-33(43-3)34(26-31)44-4)35(42)41(37)28-36(19-11-20-36)21-18-30-12-7-5-8-13-30/h5-10,12-17,26H,11,18-25,27-29H2,1-4H3/t37-,38+. The molecule has 2 saturated carbocycles. The number of hydrogen-bond acceptors (Lipinski definition) is 4. The summed E-state index contributed by atoms with van der Waals surface area (Å²) in [5.41, 5.74) is 3.88. The molecule has 3 aromatic carbocycles. The molecule has 1 spiro atoms. The van der Waals surface area contributed by atoms with Crippen LogP contribution in [0.3, 0.4) is 0 Å². The van der Waals surface area contributed by atoms with Gasteiger partial charge in [0.25, 0.3) is 0 Å². The highest BCUT2D eigenvalue weighted by atomic mass is 16.5. The summed E-state index contributed by atoms with van der Waals surface area (Å²) in [6.07, 6.45) is 9.97. The van der Waals surface area contributed by atoms with E-state index in [0.717, 1.165) is 57.2 Å². The molecule has 3 aliphatic rings. The van der Waals surface area contributed by atoms with E-state index < -0.39 is 0 Å². The first kappa shape index (κ1) is 30.5. The second kappa shape index (κ2) is 12.5. The lowest BCUT2D eigenvalue weighted by atomic mass is 9.64. The van der Waals surface area contributed by atoms with Crippen LogP contribution in [0.4, 0.5) is 4.79 Å². The third-order valence-electron chi connectivity index (χ3n) is 11.3. The molecule has 6 nitrogen and oxygen atoms in total. The molecule has 1 saturated heterocycles. The van der Waals surface area contributed by atoms with Crippen molar-refractivity contribution in [2.45, 2.75) is 75.4 Å². The smallest absolute Gasteiger partial charge is 0.320 e.